The first-order valence-corrected chi connectivity index (χ1v) is 12.6. The zero-order valence-corrected chi connectivity index (χ0v) is 17.6. The predicted molar refractivity (Wildman–Crippen MR) is 107 cm³/mol. The Morgan fingerprint density at radius 3 is 0.212 bits per heavy atom. The Kier molecular flexibility index (Phi) is 47.0. The van der Waals surface area contributed by atoms with E-state index in [0.717, 1.165) is 0 Å². The summed E-state index contributed by atoms with van der Waals surface area (Å²) in [4.78, 5) is 0. The average molecular weight is 660 g/mol. The molecule has 12 N–H and O–H groups in total. The zero-order chi connectivity index (χ0) is 27.0. The first-order valence-electron chi connectivity index (χ1n) is 4.19. The van der Waals surface area contributed by atoms with Crippen molar-refractivity contribution in [1.29, 1.82) is 0 Å². The molecule has 0 rings (SSSR count). The van der Waals surface area contributed by atoms with Gasteiger partial charge >= 0.3 is 151 Å². The Balaban J connectivity index is -0.0000000294. The Morgan fingerprint density at radius 1 is 0.212 bits per heavy atom. The molecule has 33 heteroatoms. The molecule has 0 saturated heterocycles. The summed E-state index contributed by atoms with van der Waals surface area (Å²) in [5, 5.41) is 0. The van der Waals surface area contributed by atoms with Crippen molar-refractivity contribution in [3.05, 3.63) is 0 Å². The molecule has 0 unspecified atom stereocenters. The Hall–Kier alpha value is 2.22. The van der Waals surface area contributed by atoms with Gasteiger partial charge < -0.3 is 0 Å². The molecule has 0 aliphatic carbocycles. The first kappa shape index (κ1) is 60.0. The quantitative estimate of drug-likeness (QED) is 0.0849. The molecule has 0 aromatic rings. The molecule has 0 spiro atoms. The van der Waals surface area contributed by atoms with Gasteiger partial charge in [0, 0.05) is 0 Å². The summed E-state index contributed by atoms with van der Waals surface area (Å²) in [6.45, 7) is 0. The molecule has 33 heavy (non-hydrogen) atoms. The molecule has 0 bridgehead atoms. The van der Waals surface area contributed by atoms with Crippen molar-refractivity contribution in [2.45, 2.75) is 0 Å². The Morgan fingerprint density at radius 2 is 0.212 bits per heavy atom. The van der Waals surface area contributed by atoms with Gasteiger partial charge in [0.25, 0.3) is 0 Å². The normalized spacial score (nSPS) is 10.5. The maximum atomic E-state index is 8.74. The Bertz CT molecular complexity index is 768. The standard InChI is InChI=1S/3Na.6H2O4S.3H/c;;;6*1-5(2,3)4;;;/h;;;6*(H2,1,2,3,4);;;. The number of hydrogen-bond acceptors (Lipinski definition) is 12. The van der Waals surface area contributed by atoms with E-state index in [-0.39, 0.29) is 88.7 Å². The fourth-order valence-corrected chi connectivity index (χ4v) is 0. The Labute approximate surface area is 252 Å². The summed E-state index contributed by atoms with van der Waals surface area (Å²) in [5.41, 5.74) is 0. The van der Waals surface area contributed by atoms with E-state index in [1.807, 2.05) is 0 Å². The molecule has 0 radical (unpaired) electrons. The van der Waals surface area contributed by atoms with E-state index >= 15 is 0 Å². The van der Waals surface area contributed by atoms with E-state index in [4.69, 9.17) is 105 Å². The number of hydrogen-bond donors (Lipinski definition) is 12. The molecular weight excluding hydrogens is 645 g/mol. The van der Waals surface area contributed by atoms with Crippen molar-refractivity contribution in [3.8, 4) is 0 Å². The van der Waals surface area contributed by atoms with Crippen LogP contribution in [0.25, 0.3) is 0 Å². The molecule has 0 aromatic heterocycles. The van der Waals surface area contributed by atoms with Gasteiger partial charge in [0.2, 0.25) is 0 Å². The molecule has 0 aliphatic heterocycles. The SMILES string of the molecule is O=S(=O)(O)O.O=S(=O)(O)O.O=S(=O)(O)O.O=S(=O)(O)O.O=S(=O)(O)O.O=S(=O)(O)O.[NaH].[NaH].[NaH]. The monoisotopic (exact) mass is 660 g/mol. The third-order valence-corrected chi connectivity index (χ3v) is 0. The minimum absolute atomic E-state index is 0. The summed E-state index contributed by atoms with van der Waals surface area (Å²) in [6, 6.07) is 0. The maximum absolute atomic E-state index is 8.74. The topological polar surface area (TPSA) is 448 Å². The van der Waals surface area contributed by atoms with Gasteiger partial charge in [-0.2, -0.15) is 50.5 Å². The van der Waals surface area contributed by atoms with Crippen LogP contribution in [0.4, 0.5) is 0 Å². The van der Waals surface area contributed by atoms with Crippen molar-refractivity contribution < 1.29 is 105 Å². The van der Waals surface area contributed by atoms with E-state index in [1.165, 1.54) is 0 Å². The van der Waals surface area contributed by atoms with Gasteiger partial charge in [0.15, 0.2) is 0 Å². The van der Waals surface area contributed by atoms with Crippen LogP contribution in [-0.2, 0) is 62.4 Å². The van der Waals surface area contributed by atoms with E-state index in [0.29, 0.717) is 0 Å². The van der Waals surface area contributed by atoms with Crippen LogP contribution in [0.2, 0.25) is 0 Å². The molecule has 0 aromatic carbocycles. The fourth-order valence-electron chi connectivity index (χ4n) is 0. The van der Waals surface area contributed by atoms with Gasteiger partial charge in [-0.1, -0.05) is 0 Å². The van der Waals surface area contributed by atoms with Crippen molar-refractivity contribution >= 4 is 151 Å². The van der Waals surface area contributed by atoms with Crippen LogP contribution in [0.5, 0.6) is 0 Å². The second-order valence-corrected chi connectivity index (χ2v) is 8.06. The van der Waals surface area contributed by atoms with E-state index in [2.05, 4.69) is 0 Å². The van der Waals surface area contributed by atoms with Crippen LogP contribution in [-0.4, -0.2) is 194 Å². The van der Waals surface area contributed by atoms with Crippen molar-refractivity contribution in [3.63, 3.8) is 0 Å². The summed E-state index contributed by atoms with van der Waals surface area (Å²) in [7, 11) is -28.0. The van der Waals surface area contributed by atoms with Gasteiger partial charge in [0.1, 0.15) is 0 Å². The summed E-state index contributed by atoms with van der Waals surface area (Å²) in [6.07, 6.45) is 0. The molecule has 0 aliphatic rings. The summed E-state index contributed by atoms with van der Waals surface area (Å²) in [5.74, 6) is 0. The van der Waals surface area contributed by atoms with Gasteiger partial charge in [-0.05, 0) is 0 Å². The zero-order valence-electron chi connectivity index (χ0n) is 12.7. The van der Waals surface area contributed by atoms with Crippen LogP contribution in [0.1, 0.15) is 0 Å². The van der Waals surface area contributed by atoms with Crippen LogP contribution in [0, 0.1) is 0 Å². The summed E-state index contributed by atoms with van der Waals surface area (Å²) < 4.78 is 190. The van der Waals surface area contributed by atoms with Gasteiger partial charge in [-0.25, -0.2) is 0 Å². The van der Waals surface area contributed by atoms with E-state index < -0.39 is 62.4 Å². The number of rotatable bonds is 0. The van der Waals surface area contributed by atoms with Crippen LogP contribution in [0.3, 0.4) is 0 Å². The van der Waals surface area contributed by atoms with Gasteiger partial charge in [-0.15, -0.1) is 0 Å². The second-order valence-electron chi connectivity index (χ2n) is 2.69. The molecule has 0 atom stereocenters. The molecule has 0 amide bonds. The predicted octanol–water partition coefficient (Wildman–Crippen LogP) is -5.86. The van der Waals surface area contributed by atoms with Crippen LogP contribution in [0.15, 0.2) is 0 Å². The third-order valence-electron chi connectivity index (χ3n) is 0. The molecular formula is H15Na3O24S6. The fraction of sp³-hybridized carbons (Fsp3) is 0. The molecule has 24 nitrogen and oxygen atoms in total. The second kappa shape index (κ2) is 25.9. The van der Waals surface area contributed by atoms with E-state index in [1.54, 1.807) is 0 Å². The van der Waals surface area contributed by atoms with Gasteiger partial charge in [-0.3, -0.25) is 54.6 Å². The molecule has 0 saturated carbocycles. The van der Waals surface area contributed by atoms with Crippen molar-refractivity contribution in [2.24, 2.45) is 0 Å². The summed E-state index contributed by atoms with van der Waals surface area (Å²) >= 11 is 0. The van der Waals surface area contributed by atoms with Crippen LogP contribution < -0.4 is 0 Å². The average Bonchev–Trinajstić information content (AvgIpc) is 1.94. The molecule has 0 heterocycles. The van der Waals surface area contributed by atoms with Gasteiger partial charge in [0.05, 0.1) is 0 Å². The van der Waals surface area contributed by atoms with E-state index in [9.17, 15) is 0 Å². The van der Waals surface area contributed by atoms with Crippen molar-refractivity contribution in [1.82, 2.24) is 0 Å². The van der Waals surface area contributed by atoms with Crippen molar-refractivity contribution in [2.75, 3.05) is 0 Å². The van der Waals surface area contributed by atoms with Crippen LogP contribution >= 0.6 is 0 Å². The third kappa shape index (κ3) is 7210. The molecule has 0 fully saturated rings. The molecule has 198 valence electrons. The minimum atomic E-state index is -4.67. The first-order chi connectivity index (χ1) is 12.0.